The Morgan fingerprint density at radius 2 is 1.94 bits per heavy atom. The molecule has 0 saturated carbocycles. The van der Waals surface area contributed by atoms with E-state index in [1.54, 1.807) is 62.6 Å². The Morgan fingerprint density at radius 1 is 1.24 bits per heavy atom. The number of anilines is 2. The highest BCUT2D eigenvalue weighted by molar-refractivity contribution is 6.31. The van der Waals surface area contributed by atoms with E-state index in [1.165, 1.54) is 5.01 Å². The third-order valence-corrected chi connectivity index (χ3v) is 4.82. The third-order valence-electron chi connectivity index (χ3n) is 4.55. The molecule has 0 fully saturated rings. The summed E-state index contributed by atoms with van der Waals surface area (Å²) in [4.78, 5) is 30.0. The highest BCUT2D eigenvalue weighted by atomic mass is 35.5. The van der Waals surface area contributed by atoms with Crippen molar-refractivity contribution in [3.05, 3.63) is 75.2 Å². The average molecular weight is 485 g/mol. The molecule has 0 bridgehead atoms. The minimum absolute atomic E-state index is 0.000728. The van der Waals surface area contributed by atoms with Gasteiger partial charge in [-0.3, -0.25) is 19.6 Å². The van der Waals surface area contributed by atoms with Crippen molar-refractivity contribution in [1.29, 1.82) is 5.41 Å². The van der Waals surface area contributed by atoms with Crippen molar-refractivity contribution >= 4 is 34.7 Å². The maximum Gasteiger partial charge on any atom is 0.306 e. The van der Waals surface area contributed by atoms with Crippen molar-refractivity contribution in [2.75, 3.05) is 25.3 Å². The number of nitrogens with two attached hydrogens (primary N) is 2. The minimum atomic E-state index is -0.589. The van der Waals surface area contributed by atoms with E-state index in [1.807, 2.05) is 0 Å². The standard InChI is InChI=1S/C22H25ClN8O3/c1-30(2)29-18-19(23)28-22(34-16-5-3-4-15(24)10-16)31(21(18)33)12-17(32)27-11-13-6-8-14(9-7-13)20(25)26/h3-10,29H,11-12,24H2,1-2H3,(H3,25,26)(H,27,32). The number of benzene rings is 2. The number of hydrogen-bond acceptors (Lipinski definition) is 8. The number of hydrogen-bond donors (Lipinski definition) is 5. The SMILES string of the molecule is CN(C)Nc1c(Cl)nc(Oc2cccc(N)c2)n(CC(=O)NCc2ccc(C(=N)N)cc2)c1=O. The van der Waals surface area contributed by atoms with Crippen LogP contribution in [0.3, 0.4) is 0 Å². The zero-order chi connectivity index (χ0) is 24.8. The molecule has 0 radical (unpaired) electrons. The molecule has 3 aromatic rings. The molecule has 0 aliphatic heterocycles. The predicted molar refractivity (Wildman–Crippen MR) is 131 cm³/mol. The van der Waals surface area contributed by atoms with Crippen molar-refractivity contribution in [2.24, 2.45) is 5.73 Å². The van der Waals surface area contributed by atoms with Gasteiger partial charge in [-0.1, -0.05) is 41.9 Å². The number of nitrogens with one attached hydrogen (secondary N) is 3. The Morgan fingerprint density at radius 3 is 2.56 bits per heavy atom. The van der Waals surface area contributed by atoms with Crippen LogP contribution >= 0.6 is 11.6 Å². The van der Waals surface area contributed by atoms with Gasteiger partial charge in [-0.2, -0.15) is 4.98 Å². The number of nitrogen functional groups attached to an aromatic ring is 2. The molecule has 0 saturated heterocycles. The van der Waals surface area contributed by atoms with Crippen LogP contribution in [0.5, 0.6) is 11.8 Å². The molecule has 12 heteroatoms. The maximum absolute atomic E-state index is 13.1. The first-order valence-corrected chi connectivity index (χ1v) is 10.5. The van der Waals surface area contributed by atoms with Crippen LogP contribution in [-0.4, -0.2) is 40.4 Å². The van der Waals surface area contributed by atoms with Gasteiger partial charge in [-0.05, 0) is 17.7 Å². The third kappa shape index (κ3) is 6.24. The quantitative estimate of drug-likeness (QED) is 0.101. The molecule has 0 aliphatic carbocycles. The summed E-state index contributed by atoms with van der Waals surface area (Å²) in [6.07, 6.45) is 0. The lowest BCUT2D eigenvalue weighted by molar-refractivity contribution is -0.122. The van der Waals surface area contributed by atoms with Crippen LogP contribution in [0.25, 0.3) is 0 Å². The number of carbonyl (C=O) groups is 1. The highest BCUT2D eigenvalue weighted by Crippen LogP contribution is 2.24. The first-order valence-electron chi connectivity index (χ1n) is 10.1. The van der Waals surface area contributed by atoms with Crippen LogP contribution in [0.2, 0.25) is 5.15 Å². The lowest BCUT2D eigenvalue weighted by Gasteiger charge is -2.18. The van der Waals surface area contributed by atoms with E-state index in [4.69, 9.17) is 33.2 Å². The zero-order valence-electron chi connectivity index (χ0n) is 18.6. The zero-order valence-corrected chi connectivity index (χ0v) is 19.4. The van der Waals surface area contributed by atoms with E-state index in [0.717, 1.165) is 10.1 Å². The number of halogens is 1. The minimum Gasteiger partial charge on any atom is -0.425 e. The molecule has 0 spiro atoms. The Balaban J connectivity index is 1.85. The Hall–Kier alpha value is -4.09. The van der Waals surface area contributed by atoms with Gasteiger partial charge < -0.3 is 26.9 Å². The van der Waals surface area contributed by atoms with Crippen molar-refractivity contribution in [1.82, 2.24) is 19.9 Å². The Labute approximate surface area is 200 Å². The van der Waals surface area contributed by atoms with Gasteiger partial charge in [0.25, 0.3) is 5.56 Å². The van der Waals surface area contributed by atoms with E-state index in [9.17, 15) is 9.59 Å². The number of aromatic nitrogens is 2. The number of amides is 1. The number of rotatable bonds is 9. The molecule has 7 N–H and O–H groups in total. The van der Waals surface area contributed by atoms with Gasteiger partial charge in [-0.15, -0.1) is 0 Å². The van der Waals surface area contributed by atoms with Gasteiger partial charge in [0.2, 0.25) is 5.91 Å². The Kier molecular flexibility index (Phi) is 7.71. The number of hydrazine groups is 1. The summed E-state index contributed by atoms with van der Waals surface area (Å²) in [7, 11) is 3.36. The van der Waals surface area contributed by atoms with Crippen LogP contribution in [0, 0.1) is 5.41 Å². The largest absolute Gasteiger partial charge is 0.425 e. The molecule has 1 amide bonds. The fourth-order valence-corrected chi connectivity index (χ4v) is 3.13. The molecule has 2 aromatic carbocycles. The highest BCUT2D eigenvalue weighted by Gasteiger charge is 2.20. The van der Waals surface area contributed by atoms with E-state index in [2.05, 4.69) is 15.7 Å². The molecule has 34 heavy (non-hydrogen) atoms. The monoisotopic (exact) mass is 484 g/mol. The van der Waals surface area contributed by atoms with Crippen molar-refractivity contribution in [3.8, 4) is 11.8 Å². The van der Waals surface area contributed by atoms with Gasteiger partial charge in [0, 0.05) is 38.0 Å². The molecule has 0 atom stereocenters. The lowest BCUT2D eigenvalue weighted by Crippen LogP contribution is -2.35. The summed E-state index contributed by atoms with van der Waals surface area (Å²) in [6, 6.07) is 13.3. The first kappa shape index (κ1) is 24.6. The normalized spacial score (nSPS) is 10.7. The topological polar surface area (TPSA) is 164 Å². The fourth-order valence-electron chi connectivity index (χ4n) is 2.93. The van der Waals surface area contributed by atoms with Crippen molar-refractivity contribution in [2.45, 2.75) is 13.1 Å². The second-order valence-electron chi connectivity index (χ2n) is 7.52. The molecular weight excluding hydrogens is 460 g/mol. The van der Waals surface area contributed by atoms with E-state index in [0.29, 0.717) is 17.0 Å². The van der Waals surface area contributed by atoms with Crippen LogP contribution in [0.4, 0.5) is 11.4 Å². The molecule has 3 rings (SSSR count). The van der Waals surface area contributed by atoms with Gasteiger partial charge in [0.05, 0.1) is 0 Å². The fraction of sp³-hybridized carbons (Fsp3) is 0.182. The van der Waals surface area contributed by atoms with Gasteiger partial charge >= 0.3 is 6.01 Å². The number of carbonyl (C=O) groups excluding carboxylic acids is 1. The van der Waals surface area contributed by atoms with Gasteiger partial charge in [-0.25, -0.2) is 5.01 Å². The molecule has 178 valence electrons. The summed E-state index contributed by atoms with van der Waals surface area (Å²) in [6.45, 7) is -0.157. The van der Waals surface area contributed by atoms with Crippen LogP contribution in [0.15, 0.2) is 53.3 Å². The summed E-state index contributed by atoms with van der Waals surface area (Å²) < 4.78 is 6.82. The molecular formula is C22H25ClN8O3. The van der Waals surface area contributed by atoms with Crippen LogP contribution < -0.4 is 32.5 Å². The van der Waals surface area contributed by atoms with Gasteiger partial charge in [0.1, 0.15) is 18.1 Å². The second kappa shape index (κ2) is 10.7. The maximum atomic E-state index is 13.1. The van der Waals surface area contributed by atoms with Crippen LogP contribution in [-0.2, 0) is 17.9 Å². The lowest BCUT2D eigenvalue weighted by atomic mass is 10.1. The second-order valence-corrected chi connectivity index (χ2v) is 7.88. The number of amidine groups is 1. The molecule has 0 aliphatic rings. The summed E-state index contributed by atoms with van der Waals surface area (Å²) >= 11 is 6.22. The van der Waals surface area contributed by atoms with E-state index < -0.39 is 11.5 Å². The van der Waals surface area contributed by atoms with Crippen molar-refractivity contribution < 1.29 is 9.53 Å². The predicted octanol–water partition coefficient (Wildman–Crippen LogP) is 1.76. The van der Waals surface area contributed by atoms with Crippen molar-refractivity contribution in [3.63, 3.8) is 0 Å². The molecule has 1 aromatic heterocycles. The smallest absolute Gasteiger partial charge is 0.306 e. The van der Waals surface area contributed by atoms with Crippen LogP contribution in [0.1, 0.15) is 11.1 Å². The average Bonchev–Trinajstić information content (AvgIpc) is 2.78. The van der Waals surface area contributed by atoms with Gasteiger partial charge in [0.15, 0.2) is 10.8 Å². The molecule has 11 nitrogen and oxygen atoms in total. The summed E-state index contributed by atoms with van der Waals surface area (Å²) in [5, 5.41) is 11.6. The summed E-state index contributed by atoms with van der Waals surface area (Å²) in [5.74, 6) is -0.161. The number of nitrogens with zero attached hydrogens (tertiary/aromatic N) is 3. The first-order chi connectivity index (χ1) is 16.1. The summed E-state index contributed by atoms with van der Waals surface area (Å²) in [5.41, 5.74) is 15.3. The molecule has 0 unspecified atom stereocenters. The van der Waals surface area contributed by atoms with E-state index >= 15 is 0 Å². The molecule has 1 heterocycles. The number of ether oxygens (including phenoxy) is 1. The Bertz CT molecular complexity index is 1260. The van der Waals surface area contributed by atoms with E-state index in [-0.39, 0.29) is 35.8 Å².